The van der Waals surface area contributed by atoms with Crippen LogP contribution in [0, 0.1) is 29.1 Å². The molecule has 0 aliphatic heterocycles. The summed E-state index contributed by atoms with van der Waals surface area (Å²) < 4.78 is 0. The van der Waals surface area contributed by atoms with E-state index in [1.165, 1.54) is 38.5 Å². The smallest absolute Gasteiger partial charge is 0.00315 e. The highest BCUT2D eigenvalue weighted by atomic mass is 14.7. The van der Waals surface area contributed by atoms with E-state index in [-0.39, 0.29) is 0 Å². The normalized spacial score (nSPS) is 47.8. The van der Waals surface area contributed by atoms with Crippen LogP contribution in [0.4, 0.5) is 0 Å². The monoisotopic (exact) mass is 208 g/mol. The van der Waals surface area contributed by atoms with E-state index in [0.29, 0.717) is 11.3 Å². The molecule has 0 saturated heterocycles. The van der Waals surface area contributed by atoms with Crippen LogP contribution in [0.25, 0.3) is 0 Å². The molecule has 2 heteroatoms. The van der Waals surface area contributed by atoms with Crippen LogP contribution in [0.1, 0.15) is 38.5 Å². The summed E-state index contributed by atoms with van der Waals surface area (Å²) in [6, 6.07) is 0. The van der Waals surface area contributed by atoms with E-state index < -0.39 is 0 Å². The Bertz CT molecular complexity index is 210. The van der Waals surface area contributed by atoms with Crippen LogP contribution in [0.2, 0.25) is 0 Å². The van der Waals surface area contributed by atoms with E-state index in [4.69, 9.17) is 11.5 Å². The van der Waals surface area contributed by atoms with Crippen LogP contribution in [0.15, 0.2) is 0 Å². The van der Waals surface area contributed by atoms with Crippen molar-refractivity contribution < 1.29 is 0 Å². The minimum atomic E-state index is 0.568. The molecule has 0 aromatic heterocycles. The maximum Gasteiger partial charge on any atom is -0.00315 e. The lowest BCUT2D eigenvalue weighted by Crippen LogP contribution is -2.52. The lowest BCUT2D eigenvalue weighted by molar-refractivity contribution is -0.0828. The minimum absolute atomic E-state index is 0.568. The zero-order valence-corrected chi connectivity index (χ0v) is 9.62. The second-order valence-corrected chi connectivity index (χ2v) is 6.45. The van der Waals surface area contributed by atoms with Gasteiger partial charge in [-0.3, -0.25) is 0 Å². The van der Waals surface area contributed by atoms with Crippen LogP contribution >= 0.6 is 0 Å². The fraction of sp³-hybridized carbons (Fsp3) is 1.00. The van der Waals surface area contributed by atoms with E-state index >= 15 is 0 Å². The Morgan fingerprint density at radius 3 is 1.60 bits per heavy atom. The first-order valence-electron chi connectivity index (χ1n) is 6.66. The van der Waals surface area contributed by atoms with Gasteiger partial charge in [0.15, 0.2) is 0 Å². The van der Waals surface area contributed by atoms with Gasteiger partial charge in [0.2, 0.25) is 0 Å². The highest BCUT2D eigenvalue weighted by molar-refractivity contribution is 5.04. The predicted octanol–water partition coefficient (Wildman–Crippen LogP) is 1.74. The standard InChI is InChI=1S/C13H24N2/c14-7-12(8-15)13-4-9-1-10(5-13)3-11(2-9)6-13/h9-12H,1-8,14-15H2. The molecule has 4 aliphatic rings. The molecule has 0 aromatic carbocycles. The molecule has 0 unspecified atom stereocenters. The van der Waals surface area contributed by atoms with Crippen molar-refractivity contribution in [1.82, 2.24) is 0 Å². The third kappa shape index (κ3) is 1.45. The topological polar surface area (TPSA) is 52.0 Å². The molecule has 2 nitrogen and oxygen atoms in total. The van der Waals surface area contributed by atoms with Crippen molar-refractivity contribution >= 4 is 0 Å². The molecule has 4 fully saturated rings. The van der Waals surface area contributed by atoms with Crippen LogP contribution in [-0.4, -0.2) is 13.1 Å². The molecular weight excluding hydrogens is 184 g/mol. The average Bonchev–Trinajstić information content (AvgIpc) is 2.16. The summed E-state index contributed by atoms with van der Waals surface area (Å²) in [7, 11) is 0. The summed E-state index contributed by atoms with van der Waals surface area (Å²) in [5, 5.41) is 0. The van der Waals surface area contributed by atoms with Crippen molar-refractivity contribution in [3.05, 3.63) is 0 Å². The summed E-state index contributed by atoms with van der Waals surface area (Å²) in [4.78, 5) is 0. The molecule has 4 rings (SSSR count). The van der Waals surface area contributed by atoms with Crippen LogP contribution < -0.4 is 11.5 Å². The average molecular weight is 208 g/mol. The van der Waals surface area contributed by atoms with E-state index in [0.717, 1.165) is 30.8 Å². The largest absolute Gasteiger partial charge is 0.330 e. The molecular formula is C13H24N2. The van der Waals surface area contributed by atoms with Gasteiger partial charge in [-0.1, -0.05) is 0 Å². The molecule has 4 aliphatic carbocycles. The van der Waals surface area contributed by atoms with Crippen molar-refractivity contribution in [1.29, 1.82) is 0 Å². The third-order valence-electron chi connectivity index (χ3n) is 5.52. The molecule has 4 N–H and O–H groups in total. The summed E-state index contributed by atoms with van der Waals surface area (Å²) in [6.45, 7) is 1.62. The fourth-order valence-corrected chi connectivity index (χ4v) is 5.27. The van der Waals surface area contributed by atoms with Gasteiger partial charge >= 0.3 is 0 Å². The van der Waals surface area contributed by atoms with Gasteiger partial charge in [-0.15, -0.1) is 0 Å². The van der Waals surface area contributed by atoms with Gasteiger partial charge in [0.1, 0.15) is 0 Å². The van der Waals surface area contributed by atoms with E-state index in [1.54, 1.807) is 0 Å². The molecule has 0 radical (unpaired) electrons. The molecule has 15 heavy (non-hydrogen) atoms. The summed E-state index contributed by atoms with van der Waals surface area (Å²) in [6.07, 6.45) is 8.87. The van der Waals surface area contributed by atoms with E-state index in [9.17, 15) is 0 Å². The van der Waals surface area contributed by atoms with Crippen molar-refractivity contribution in [2.24, 2.45) is 40.6 Å². The first-order chi connectivity index (χ1) is 7.25. The van der Waals surface area contributed by atoms with Gasteiger partial charge in [0, 0.05) is 0 Å². The zero-order valence-electron chi connectivity index (χ0n) is 9.62. The van der Waals surface area contributed by atoms with Crippen LogP contribution in [0.3, 0.4) is 0 Å². The maximum atomic E-state index is 5.92. The van der Waals surface area contributed by atoms with Crippen LogP contribution in [-0.2, 0) is 0 Å². The zero-order chi connectivity index (χ0) is 10.5. The maximum absolute atomic E-state index is 5.92. The first-order valence-corrected chi connectivity index (χ1v) is 6.66. The second-order valence-electron chi connectivity index (χ2n) is 6.45. The van der Waals surface area contributed by atoms with Gasteiger partial charge in [-0.2, -0.15) is 0 Å². The predicted molar refractivity (Wildman–Crippen MR) is 62.2 cm³/mol. The Kier molecular flexibility index (Phi) is 2.33. The summed E-state index contributed by atoms with van der Waals surface area (Å²) in [5.74, 6) is 3.68. The second kappa shape index (κ2) is 3.46. The van der Waals surface area contributed by atoms with Crippen molar-refractivity contribution in [2.45, 2.75) is 38.5 Å². The van der Waals surface area contributed by atoms with Gasteiger partial charge in [0.05, 0.1) is 0 Å². The fourth-order valence-electron chi connectivity index (χ4n) is 5.27. The Morgan fingerprint density at radius 2 is 1.27 bits per heavy atom. The van der Waals surface area contributed by atoms with Crippen molar-refractivity contribution in [2.75, 3.05) is 13.1 Å². The molecule has 86 valence electrons. The van der Waals surface area contributed by atoms with Gasteiger partial charge < -0.3 is 11.5 Å². The number of hydrogen-bond donors (Lipinski definition) is 2. The molecule has 0 amide bonds. The third-order valence-corrected chi connectivity index (χ3v) is 5.52. The number of nitrogens with two attached hydrogens (primary N) is 2. The highest BCUT2D eigenvalue weighted by Crippen LogP contribution is 2.62. The molecule has 0 aromatic rings. The van der Waals surface area contributed by atoms with Gasteiger partial charge in [-0.05, 0) is 80.7 Å². The van der Waals surface area contributed by atoms with Gasteiger partial charge in [-0.25, -0.2) is 0 Å². The Hall–Kier alpha value is -0.0800. The quantitative estimate of drug-likeness (QED) is 0.742. The molecule has 4 saturated carbocycles. The molecule has 0 atom stereocenters. The Morgan fingerprint density at radius 1 is 0.867 bits per heavy atom. The minimum Gasteiger partial charge on any atom is -0.330 e. The Labute approximate surface area is 92.8 Å². The lowest BCUT2D eigenvalue weighted by Gasteiger charge is -2.59. The van der Waals surface area contributed by atoms with E-state index in [2.05, 4.69) is 0 Å². The van der Waals surface area contributed by atoms with Crippen molar-refractivity contribution in [3.63, 3.8) is 0 Å². The Balaban J connectivity index is 1.86. The van der Waals surface area contributed by atoms with E-state index in [1.807, 2.05) is 0 Å². The number of hydrogen-bond acceptors (Lipinski definition) is 2. The number of rotatable bonds is 3. The van der Waals surface area contributed by atoms with Gasteiger partial charge in [0.25, 0.3) is 0 Å². The van der Waals surface area contributed by atoms with Crippen LogP contribution in [0.5, 0.6) is 0 Å². The highest BCUT2D eigenvalue weighted by Gasteiger charge is 2.53. The molecule has 4 bridgehead atoms. The lowest BCUT2D eigenvalue weighted by atomic mass is 9.46. The molecule has 0 heterocycles. The molecule has 0 spiro atoms. The van der Waals surface area contributed by atoms with Crippen molar-refractivity contribution in [3.8, 4) is 0 Å². The summed E-state index contributed by atoms with van der Waals surface area (Å²) >= 11 is 0. The first kappa shape index (κ1) is 10.1. The summed E-state index contributed by atoms with van der Waals surface area (Å²) in [5.41, 5.74) is 12.4. The SMILES string of the molecule is NCC(CN)C12CC3CC(CC(C3)C1)C2.